The van der Waals surface area contributed by atoms with E-state index in [1.54, 1.807) is 18.2 Å². The molecule has 0 saturated heterocycles. The van der Waals surface area contributed by atoms with Gasteiger partial charge in [-0.3, -0.25) is 19.5 Å². The third-order valence-corrected chi connectivity index (χ3v) is 6.13. The first-order valence-electron chi connectivity index (χ1n) is 9.85. The summed E-state index contributed by atoms with van der Waals surface area (Å²) in [5.74, 6) is 0.242. The van der Waals surface area contributed by atoms with Crippen LogP contribution in [0.5, 0.6) is 0 Å². The Morgan fingerprint density at radius 2 is 1.94 bits per heavy atom. The number of benzene rings is 2. The molecule has 0 saturated carbocycles. The first kappa shape index (κ1) is 22.8. The van der Waals surface area contributed by atoms with Gasteiger partial charge in [-0.25, -0.2) is 9.78 Å². The third-order valence-electron chi connectivity index (χ3n) is 4.96. The molecule has 2 aromatic carbocycles. The van der Waals surface area contributed by atoms with Crippen LogP contribution in [-0.2, 0) is 4.79 Å². The summed E-state index contributed by atoms with van der Waals surface area (Å²) in [7, 11) is 0. The summed E-state index contributed by atoms with van der Waals surface area (Å²) in [6.07, 6.45) is 1.07. The van der Waals surface area contributed by atoms with E-state index < -0.39 is 11.9 Å². The number of fused-ring (bicyclic) bond motifs is 1. The summed E-state index contributed by atoms with van der Waals surface area (Å²) in [6.45, 7) is 4.28. The van der Waals surface area contributed by atoms with Gasteiger partial charge in [-0.2, -0.15) is 0 Å². The number of urea groups is 1. The maximum absolute atomic E-state index is 13.3. The van der Waals surface area contributed by atoms with E-state index in [-0.39, 0.29) is 12.0 Å². The van der Waals surface area contributed by atoms with Crippen LogP contribution in [0, 0.1) is 0 Å². The Labute approximate surface area is 189 Å². The van der Waals surface area contributed by atoms with Gasteiger partial charge in [0.05, 0.1) is 16.6 Å². The van der Waals surface area contributed by atoms with Crippen molar-refractivity contribution in [3.63, 3.8) is 0 Å². The summed E-state index contributed by atoms with van der Waals surface area (Å²) in [5.41, 5.74) is 7.11. The third kappa shape index (κ3) is 5.45. The summed E-state index contributed by atoms with van der Waals surface area (Å²) in [4.78, 5) is 40.5. The monoisotopic (exact) mass is 458 g/mol. The van der Waals surface area contributed by atoms with Gasteiger partial charge in [0, 0.05) is 17.2 Å². The Kier molecular flexibility index (Phi) is 7.35. The number of nitrogens with zero attached hydrogens (tertiary/aromatic N) is 2. The quantitative estimate of drug-likeness (QED) is 0.407. The highest BCUT2D eigenvalue weighted by atomic mass is 35.5. The van der Waals surface area contributed by atoms with Crippen LogP contribution in [-0.4, -0.2) is 27.2 Å². The number of hydrogen-bond acceptors (Lipinski definition) is 5. The molecular weight excluding hydrogens is 436 g/mol. The van der Waals surface area contributed by atoms with E-state index in [9.17, 15) is 14.4 Å². The maximum atomic E-state index is 13.3. The average Bonchev–Trinajstić information content (AvgIpc) is 2.73. The van der Waals surface area contributed by atoms with Crippen molar-refractivity contribution in [3.05, 3.63) is 63.4 Å². The molecule has 0 aliphatic carbocycles. The minimum atomic E-state index is -0.894. The van der Waals surface area contributed by atoms with Crippen LogP contribution in [0.4, 0.5) is 4.79 Å². The van der Waals surface area contributed by atoms with Crippen LogP contribution in [0.2, 0.25) is 5.02 Å². The molecule has 1 aromatic heterocycles. The van der Waals surface area contributed by atoms with Gasteiger partial charge in [0.25, 0.3) is 5.56 Å². The van der Waals surface area contributed by atoms with Crippen LogP contribution in [0.1, 0.15) is 38.2 Å². The zero-order valence-corrected chi connectivity index (χ0v) is 18.8. The number of carbonyl (C=O) groups is 2. The molecule has 3 aromatic rings. The van der Waals surface area contributed by atoms with E-state index >= 15 is 0 Å². The van der Waals surface area contributed by atoms with E-state index in [0.29, 0.717) is 38.4 Å². The summed E-state index contributed by atoms with van der Waals surface area (Å²) >= 11 is 7.35. The molecule has 3 rings (SSSR count). The smallest absolute Gasteiger partial charge is 0.318 e. The summed E-state index contributed by atoms with van der Waals surface area (Å²) in [5, 5.41) is 3.34. The number of carbonyl (C=O) groups excluding carboxylic acids is 2. The van der Waals surface area contributed by atoms with Gasteiger partial charge in [0.1, 0.15) is 0 Å². The molecule has 0 bridgehead atoms. The van der Waals surface area contributed by atoms with Crippen molar-refractivity contribution in [2.75, 3.05) is 5.75 Å². The summed E-state index contributed by atoms with van der Waals surface area (Å²) in [6, 6.07) is 11.9. The predicted octanol–water partition coefficient (Wildman–Crippen LogP) is 4.23. The number of imide groups is 1. The van der Waals surface area contributed by atoms with E-state index in [4.69, 9.17) is 17.3 Å². The number of halogens is 1. The fourth-order valence-electron chi connectivity index (χ4n) is 3.08. The van der Waals surface area contributed by atoms with Crippen molar-refractivity contribution >= 4 is 46.2 Å². The molecule has 0 aliphatic rings. The molecule has 3 amide bonds. The van der Waals surface area contributed by atoms with Crippen molar-refractivity contribution in [3.8, 4) is 5.69 Å². The van der Waals surface area contributed by atoms with Gasteiger partial charge < -0.3 is 5.73 Å². The van der Waals surface area contributed by atoms with Crippen LogP contribution in [0.15, 0.2) is 52.4 Å². The fraction of sp³-hybridized carbons (Fsp3) is 0.273. The molecule has 9 heteroatoms. The van der Waals surface area contributed by atoms with E-state index in [1.807, 2.05) is 29.6 Å². The maximum Gasteiger partial charge on any atom is 0.318 e. The topological polar surface area (TPSA) is 107 Å². The number of amides is 3. The van der Waals surface area contributed by atoms with E-state index in [0.717, 1.165) is 6.42 Å². The number of nitrogens with two attached hydrogens (primary N) is 1. The zero-order valence-electron chi connectivity index (χ0n) is 17.2. The predicted molar refractivity (Wildman–Crippen MR) is 124 cm³/mol. The second-order valence-corrected chi connectivity index (χ2v) is 8.61. The number of aromatic nitrogens is 2. The molecule has 1 heterocycles. The van der Waals surface area contributed by atoms with Gasteiger partial charge in [0.2, 0.25) is 5.91 Å². The zero-order chi connectivity index (χ0) is 22.5. The van der Waals surface area contributed by atoms with Gasteiger partial charge in [-0.05, 0) is 48.2 Å². The van der Waals surface area contributed by atoms with Crippen molar-refractivity contribution in [1.29, 1.82) is 0 Å². The van der Waals surface area contributed by atoms with Crippen LogP contribution in [0.3, 0.4) is 0 Å². The molecule has 31 heavy (non-hydrogen) atoms. The molecule has 0 spiro atoms. The number of primary amides is 1. The number of nitrogens with one attached hydrogen (secondary N) is 1. The standard InChI is InChI=1S/C22H23ClN4O3S/c1-3-13(2)14-4-7-16(8-5-14)27-20(29)17-12-15(23)6-9-18(17)25-22(27)31-11-10-19(28)26-21(24)30/h4-9,12-13H,3,10-11H2,1-2H3,(H3,24,26,28,30). The van der Waals surface area contributed by atoms with Crippen molar-refractivity contribution in [1.82, 2.24) is 14.9 Å². The second-order valence-electron chi connectivity index (χ2n) is 7.11. The van der Waals surface area contributed by atoms with E-state index in [2.05, 4.69) is 18.8 Å². The SMILES string of the molecule is CCC(C)c1ccc(-n2c(SCCC(=O)NC(N)=O)nc3ccc(Cl)cc3c2=O)cc1. The lowest BCUT2D eigenvalue weighted by Crippen LogP contribution is -2.35. The highest BCUT2D eigenvalue weighted by Crippen LogP contribution is 2.25. The van der Waals surface area contributed by atoms with Gasteiger partial charge in [-0.1, -0.05) is 49.3 Å². The molecule has 3 N–H and O–H groups in total. The van der Waals surface area contributed by atoms with Gasteiger partial charge >= 0.3 is 6.03 Å². The lowest BCUT2D eigenvalue weighted by atomic mass is 9.98. The molecule has 162 valence electrons. The van der Waals surface area contributed by atoms with E-state index in [1.165, 1.54) is 21.9 Å². The highest BCUT2D eigenvalue weighted by molar-refractivity contribution is 7.99. The first-order valence-corrected chi connectivity index (χ1v) is 11.2. The summed E-state index contributed by atoms with van der Waals surface area (Å²) < 4.78 is 1.52. The number of rotatable bonds is 7. The molecule has 0 radical (unpaired) electrons. The minimum absolute atomic E-state index is 0.0507. The Balaban J connectivity index is 2.01. The van der Waals surface area contributed by atoms with Crippen LogP contribution >= 0.6 is 23.4 Å². The van der Waals surface area contributed by atoms with Crippen LogP contribution in [0.25, 0.3) is 16.6 Å². The fourth-order valence-corrected chi connectivity index (χ4v) is 4.21. The Bertz CT molecular complexity index is 1180. The molecule has 1 atom stereocenters. The van der Waals surface area contributed by atoms with Gasteiger partial charge in [0.15, 0.2) is 5.16 Å². The Morgan fingerprint density at radius 1 is 1.23 bits per heavy atom. The molecule has 0 aliphatic heterocycles. The minimum Gasteiger partial charge on any atom is -0.351 e. The highest BCUT2D eigenvalue weighted by Gasteiger charge is 2.15. The lowest BCUT2D eigenvalue weighted by Gasteiger charge is -2.15. The average molecular weight is 459 g/mol. The van der Waals surface area contributed by atoms with Crippen molar-refractivity contribution in [2.45, 2.75) is 37.8 Å². The normalized spacial score (nSPS) is 12.0. The van der Waals surface area contributed by atoms with Crippen molar-refractivity contribution < 1.29 is 9.59 Å². The molecule has 7 nitrogen and oxygen atoms in total. The number of hydrogen-bond donors (Lipinski definition) is 2. The second kappa shape index (κ2) is 9.98. The lowest BCUT2D eigenvalue weighted by molar-refractivity contribution is -0.119. The molecular formula is C22H23ClN4O3S. The Hall–Kier alpha value is -2.84. The number of thioether (sulfide) groups is 1. The van der Waals surface area contributed by atoms with Crippen LogP contribution < -0.4 is 16.6 Å². The first-order chi connectivity index (χ1) is 14.8. The molecule has 0 fully saturated rings. The largest absolute Gasteiger partial charge is 0.351 e. The van der Waals surface area contributed by atoms with Crippen molar-refractivity contribution in [2.24, 2.45) is 5.73 Å². The molecule has 1 unspecified atom stereocenters. The Morgan fingerprint density at radius 3 is 2.58 bits per heavy atom. The van der Waals surface area contributed by atoms with Gasteiger partial charge in [-0.15, -0.1) is 0 Å².